The molecule has 1 aromatic carbocycles. The summed E-state index contributed by atoms with van der Waals surface area (Å²) in [6.07, 6.45) is 5.01. The largest absolute Gasteiger partial charge is 0.421 e. The Morgan fingerprint density at radius 1 is 1.23 bits per heavy atom. The first-order valence-electron chi connectivity index (χ1n) is 7.53. The molecule has 1 aromatic heterocycles. The minimum Gasteiger partial charge on any atom is -0.385 e. The summed E-state index contributed by atoms with van der Waals surface area (Å²) in [5.41, 5.74) is 3.12. The van der Waals surface area contributed by atoms with E-state index in [9.17, 15) is 0 Å². The SMILES string of the molecule is CNCCCNc1ccc(N=Nc2n(C)cc[n+]2C)c(C)c1. The summed E-state index contributed by atoms with van der Waals surface area (Å²) < 4.78 is 3.88. The minimum atomic E-state index is 0.814. The number of anilines is 1. The lowest BCUT2D eigenvalue weighted by atomic mass is 10.2. The molecule has 2 aromatic rings. The maximum atomic E-state index is 4.37. The lowest BCUT2D eigenvalue weighted by Crippen LogP contribution is -2.25. The Kier molecular flexibility index (Phi) is 5.66. The summed E-state index contributed by atoms with van der Waals surface area (Å²) in [6, 6.07) is 6.16. The normalized spacial score (nSPS) is 11.3. The van der Waals surface area contributed by atoms with E-state index >= 15 is 0 Å². The second kappa shape index (κ2) is 7.70. The van der Waals surface area contributed by atoms with E-state index < -0.39 is 0 Å². The van der Waals surface area contributed by atoms with Crippen molar-refractivity contribution in [3.63, 3.8) is 0 Å². The molecule has 0 unspecified atom stereocenters. The molecule has 0 aliphatic rings. The molecule has 6 nitrogen and oxygen atoms in total. The molecule has 0 aliphatic carbocycles. The molecule has 0 aliphatic heterocycles. The van der Waals surface area contributed by atoms with Crippen LogP contribution in [-0.4, -0.2) is 24.7 Å². The van der Waals surface area contributed by atoms with Crippen LogP contribution in [0.4, 0.5) is 17.3 Å². The Hall–Kier alpha value is -2.21. The highest BCUT2D eigenvalue weighted by Crippen LogP contribution is 2.24. The van der Waals surface area contributed by atoms with Crippen LogP contribution < -0.4 is 15.2 Å². The van der Waals surface area contributed by atoms with Gasteiger partial charge in [-0.1, -0.05) is 5.11 Å². The highest BCUT2D eigenvalue weighted by atomic mass is 15.3. The molecule has 1 heterocycles. The van der Waals surface area contributed by atoms with Crippen LogP contribution in [0.5, 0.6) is 0 Å². The van der Waals surface area contributed by atoms with Crippen LogP contribution in [0.1, 0.15) is 12.0 Å². The van der Waals surface area contributed by atoms with Crippen LogP contribution in [0, 0.1) is 6.92 Å². The molecule has 0 saturated carbocycles. The predicted octanol–water partition coefficient (Wildman–Crippen LogP) is 2.59. The van der Waals surface area contributed by atoms with Gasteiger partial charge in [-0.15, -0.1) is 0 Å². The first-order valence-corrected chi connectivity index (χ1v) is 7.53. The van der Waals surface area contributed by atoms with Gasteiger partial charge in [0.05, 0.1) is 26.5 Å². The molecule has 2 N–H and O–H groups in total. The number of nitrogens with one attached hydrogen (secondary N) is 2. The second-order valence-electron chi connectivity index (χ2n) is 5.41. The van der Waals surface area contributed by atoms with E-state index in [0.29, 0.717) is 0 Å². The number of hydrogen-bond donors (Lipinski definition) is 2. The third-order valence-electron chi connectivity index (χ3n) is 3.52. The van der Waals surface area contributed by atoms with E-state index in [1.807, 2.05) is 54.8 Å². The second-order valence-corrected chi connectivity index (χ2v) is 5.41. The van der Waals surface area contributed by atoms with Crippen molar-refractivity contribution in [2.24, 2.45) is 24.3 Å². The average Bonchev–Trinajstić information content (AvgIpc) is 2.82. The summed E-state index contributed by atoms with van der Waals surface area (Å²) >= 11 is 0. The van der Waals surface area contributed by atoms with Crippen molar-refractivity contribution in [2.75, 3.05) is 25.5 Å². The standard InChI is InChI=1S/C16H24N6/c1-13-12-14(18-9-5-8-17-2)6-7-15(13)19-20-16-21(3)10-11-22(16)4/h6-7,10-12,17H,5,8-9H2,1-4H3/p+1. The summed E-state index contributed by atoms with van der Waals surface area (Å²) in [5.74, 6) is 0.814. The maximum Gasteiger partial charge on any atom is 0.421 e. The van der Waals surface area contributed by atoms with E-state index in [2.05, 4.69) is 33.9 Å². The number of aromatic nitrogens is 2. The van der Waals surface area contributed by atoms with Crippen LogP contribution in [-0.2, 0) is 14.1 Å². The van der Waals surface area contributed by atoms with Gasteiger partial charge in [-0.25, -0.2) is 9.13 Å². The molecular weight excluding hydrogens is 276 g/mol. The molecule has 0 fully saturated rings. The van der Waals surface area contributed by atoms with Crippen LogP contribution in [0.15, 0.2) is 40.8 Å². The van der Waals surface area contributed by atoms with Gasteiger partial charge in [0.2, 0.25) is 0 Å². The number of nitrogens with zero attached hydrogens (tertiary/aromatic N) is 4. The first kappa shape index (κ1) is 16.2. The van der Waals surface area contributed by atoms with E-state index in [1.54, 1.807) is 0 Å². The highest BCUT2D eigenvalue weighted by molar-refractivity contribution is 5.56. The van der Waals surface area contributed by atoms with Crippen LogP contribution in [0.2, 0.25) is 0 Å². The smallest absolute Gasteiger partial charge is 0.385 e. The zero-order valence-corrected chi connectivity index (χ0v) is 13.8. The fourth-order valence-electron chi connectivity index (χ4n) is 2.20. The molecule has 0 spiro atoms. The zero-order chi connectivity index (χ0) is 15.9. The van der Waals surface area contributed by atoms with Crippen molar-refractivity contribution in [2.45, 2.75) is 13.3 Å². The highest BCUT2D eigenvalue weighted by Gasteiger charge is 2.10. The monoisotopic (exact) mass is 301 g/mol. The molecule has 118 valence electrons. The Morgan fingerprint density at radius 3 is 2.68 bits per heavy atom. The Morgan fingerprint density at radius 2 is 2.05 bits per heavy atom. The summed E-state index contributed by atoms with van der Waals surface area (Å²) in [6.45, 7) is 4.03. The van der Waals surface area contributed by atoms with Crippen molar-refractivity contribution in [1.29, 1.82) is 0 Å². The van der Waals surface area contributed by atoms with Crippen LogP contribution in [0.3, 0.4) is 0 Å². The average molecular weight is 301 g/mol. The third-order valence-corrected chi connectivity index (χ3v) is 3.52. The van der Waals surface area contributed by atoms with Crippen molar-refractivity contribution < 1.29 is 4.57 Å². The van der Waals surface area contributed by atoms with Gasteiger partial charge in [0, 0.05) is 17.3 Å². The number of imidazole rings is 1. The quantitative estimate of drug-likeness (QED) is 0.469. The van der Waals surface area contributed by atoms with Gasteiger partial charge in [0.1, 0.15) is 5.69 Å². The molecule has 22 heavy (non-hydrogen) atoms. The van der Waals surface area contributed by atoms with Gasteiger partial charge in [-0.3, -0.25) is 0 Å². The predicted molar refractivity (Wildman–Crippen MR) is 89.0 cm³/mol. The summed E-state index contributed by atoms with van der Waals surface area (Å²) in [7, 11) is 5.88. The number of hydrogen-bond acceptors (Lipinski definition) is 4. The van der Waals surface area contributed by atoms with E-state index in [4.69, 9.17) is 0 Å². The fourth-order valence-corrected chi connectivity index (χ4v) is 2.20. The lowest BCUT2D eigenvalue weighted by Gasteiger charge is -2.07. The van der Waals surface area contributed by atoms with Gasteiger partial charge >= 0.3 is 5.95 Å². The van der Waals surface area contributed by atoms with Crippen molar-refractivity contribution in [3.05, 3.63) is 36.2 Å². The molecule has 6 heteroatoms. The van der Waals surface area contributed by atoms with Gasteiger partial charge in [-0.05, 0) is 50.7 Å². The number of aryl methyl sites for hydroxylation is 3. The molecular formula is C16H25N6+. The van der Waals surface area contributed by atoms with Gasteiger partial charge < -0.3 is 10.6 Å². The molecule has 0 saturated heterocycles. The Bertz CT molecular complexity index is 625. The Labute approximate surface area is 131 Å². The van der Waals surface area contributed by atoms with E-state index in [-0.39, 0.29) is 0 Å². The number of rotatable bonds is 7. The Balaban J connectivity index is 2.03. The fraction of sp³-hybridized carbons (Fsp3) is 0.438. The molecule has 2 rings (SSSR count). The van der Waals surface area contributed by atoms with Gasteiger partial charge in [-0.2, -0.15) is 0 Å². The van der Waals surface area contributed by atoms with Crippen molar-refractivity contribution in [1.82, 2.24) is 9.88 Å². The summed E-state index contributed by atoms with van der Waals surface area (Å²) in [4.78, 5) is 0. The molecule has 0 radical (unpaired) electrons. The molecule has 0 bridgehead atoms. The van der Waals surface area contributed by atoms with E-state index in [0.717, 1.165) is 42.4 Å². The van der Waals surface area contributed by atoms with Gasteiger partial charge in [0.15, 0.2) is 0 Å². The summed E-state index contributed by atoms with van der Waals surface area (Å²) in [5, 5.41) is 15.3. The van der Waals surface area contributed by atoms with Crippen LogP contribution >= 0.6 is 0 Å². The van der Waals surface area contributed by atoms with Crippen molar-refractivity contribution >= 4 is 17.3 Å². The third kappa shape index (κ3) is 4.14. The molecule has 0 atom stereocenters. The van der Waals surface area contributed by atoms with Crippen LogP contribution in [0.25, 0.3) is 0 Å². The van der Waals surface area contributed by atoms with Gasteiger partial charge in [0.25, 0.3) is 0 Å². The van der Waals surface area contributed by atoms with E-state index in [1.165, 1.54) is 0 Å². The first-order chi connectivity index (χ1) is 10.6. The number of benzene rings is 1. The zero-order valence-electron chi connectivity index (χ0n) is 13.8. The molecule has 0 amide bonds. The topological polar surface area (TPSA) is 57.6 Å². The minimum absolute atomic E-state index is 0.814. The lowest BCUT2D eigenvalue weighted by molar-refractivity contribution is -0.657. The number of azo groups is 1. The maximum absolute atomic E-state index is 4.37. The van der Waals surface area contributed by atoms with Crippen molar-refractivity contribution in [3.8, 4) is 0 Å².